The first-order valence-corrected chi connectivity index (χ1v) is 9.62. The summed E-state index contributed by atoms with van der Waals surface area (Å²) < 4.78 is 5.17. The van der Waals surface area contributed by atoms with Crippen molar-refractivity contribution < 1.29 is 14.3 Å². The number of nitrogens with zero attached hydrogens (tertiary/aromatic N) is 4. The number of pyridine rings is 1. The van der Waals surface area contributed by atoms with Crippen molar-refractivity contribution in [3.8, 4) is 0 Å². The molecule has 2 aromatic heterocycles. The van der Waals surface area contributed by atoms with Crippen LogP contribution in [-0.4, -0.2) is 60.0 Å². The number of nitrogens with one attached hydrogen (secondary N) is 3. The van der Waals surface area contributed by atoms with Crippen LogP contribution in [0, 0.1) is 0 Å². The predicted octanol–water partition coefficient (Wildman–Crippen LogP) is 2.78. The second-order valence-electron chi connectivity index (χ2n) is 7.51. The Labute approximate surface area is 180 Å². The van der Waals surface area contributed by atoms with Gasteiger partial charge in [-0.05, 0) is 45.0 Å². The lowest BCUT2D eigenvalue weighted by molar-refractivity contribution is 0.0530. The molecule has 2 heterocycles. The van der Waals surface area contributed by atoms with Crippen LogP contribution in [0.5, 0.6) is 0 Å². The topological polar surface area (TPSA) is 121 Å². The Bertz CT molecular complexity index is 883. The monoisotopic (exact) mass is 435 g/mol. The molecule has 0 saturated heterocycles. The molecule has 0 aromatic carbocycles. The summed E-state index contributed by atoms with van der Waals surface area (Å²) in [6.45, 7) is 5.92. The van der Waals surface area contributed by atoms with Crippen molar-refractivity contribution in [1.29, 1.82) is 0 Å². The van der Waals surface area contributed by atoms with Gasteiger partial charge in [0.25, 0.3) is 5.91 Å². The van der Waals surface area contributed by atoms with E-state index in [1.54, 1.807) is 43.9 Å². The number of carbonyl (C=O) groups is 2. The van der Waals surface area contributed by atoms with Gasteiger partial charge in [0.1, 0.15) is 16.6 Å². The second-order valence-corrected chi connectivity index (χ2v) is 7.90. The molecule has 0 fully saturated rings. The van der Waals surface area contributed by atoms with Crippen molar-refractivity contribution >= 4 is 41.1 Å². The van der Waals surface area contributed by atoms with Gasteiger partial charge in [0, 0.05) is 27.2 Å². The highest BCUT2D eigenvalue weighted by Gasteiger charge is 2.17. The molecule has 0 atom stereocenters. The van der Waals surface area contributed by atoms with Crippen LogP contribution in [0.15, 0.2) is 24.3 Å². The molecule has 2 rings (SSSR count). The van der Waals surface area contributed by atoms with E-state index in [2.05, 4.69) is 31.1 Å². The smallest absolute Gasteiger partial charge is 0.407 e. The first-order chi connectivity index (χ1) is 14.0. The van der Waals surface area contributed by atoms with E-state index in [0.717, 1.165) is 0 Å². The normalized spacial score (nSPS) is 10.9. The number of aromatic nitrogens is 3. The Balaban J connectivity index is 1.98. The van der Waals surface area contributed by atoms with Crippen molar-refractivity contribution in [2.24, 2.45) is 0 Å². The van der Waals surface area contributed by atoms with E-state index in [0.29, 0.717) is 18.2 Å². The fourth-order valence-corrected chi connectivity index (χ4v) is 2.37. The molecular formula is C19H26ClN7O3. The number of hydrogen-bond donors (Lipinski definition) is 3. The summed E-state index contributed by atoms with van der Waals surface area (Å²) in [6.07, 6.45) is -0.527. The van der Waals surface area contributed by atoms with E-state index in [4.69, 9.17) is 16.3 Å². The summed E-state index contributed by atoms with van der Waals surface area (Å²) in [6, 6.07) is 6.46. The van der Waals surface area contributed by atoms with Gasteiger partial charge >= 0.3 is 6.09 Å². The largest absolute Gasteiger partial charge is 0.444 e. The minimum absolute atomic E-state index is 0.226. The zero-order valence-corrected chi connectivity index (χ0v) is 18.4. The molecule has 2 aromatic rings. The third-order valence-corrected chi connectivity index (χ3v) is 3.75. The lowest BCUT2D eigenvalue weighted by atomic mass is 10.2. The second kappa shape index (κ2) is 10.1. The lowest BCUT2D eigenvalue weighted by Gasteiger charge is -2.19. The summed E-state index contributed by atoms with van der Waals surface area (Å²) >= 11 is 5.97. The molecule has 0 radical (unpaired) electrons. The van der Waals surface area contributed by atoms with E-state index in [-0.39, 0.29) is 23.1 Å². The molecule has 0 bridgehead atoms. The third kappa shape index (κ3) is 7.36. The van der Waals surface area contributed by atoms with Gasteiger partial charge < -0.3 is 25.6 Å². The van der Waals surface area contributed by atoms with Crippen molar-refractivity contribution in [2.45, 2.75) is 26.4 Å². The van der Waals surface area contributed by atoms with E-state index in [1.165, 1.54) is 6.07 Å². The molecule has 0 aliphatic heterocycles. The molecule has 30 heavy (non-hydrogen) atoms. The van der Waals surface area contributed by atoms with Crippen LogP contribution in [-0.2, 0) is 4.74 Å². The Morgan fingerprint density at radius 2 is 1.83 bits per heavy atom. The number of rotatable bonds is 7. The van der Waals surface area contributed by atoms with Crippen molar-refractivity contribution in [2.75, 3.05) is 42.7 Å². The highest BCUT2D eigenvalue weighted by molar-refractivity contribution is 6.29. The van der Waals surface area contributed by atoms with Crippen LogP contribution in [0.4, 0.5) is 22.2 Å². The maximum Gasteiger partial charge on any atom is 0.407 e. The van der Waals surface area contributed by atoms with Crippen LogP contribution in [0.3, 0.4) is 0 Å². The molecule has 11 heteroatoms. The number of ether oxygens (including phenoxy) is 1. The maximum absolute atomic E-state index is 12.7. The summed E-state index contributed by atoms with van der Waals surface area (Å²) in [5.74, 6) is 0.830. The first kappa shape index (κ1) is 23.1. The molecule has 0 saturated carbocycles. The maximum atomic E-state index is 12.7. The standard InChI is InChI=1S/C19H26ClN7O3/c1-19(2,3)30-18(29)22-11-10-21-16-12(6-7-13(20)23-16)17(28)24-14-8-9-15(26-25-14)27(4)5/h6-9H,10-11H2,1-5H3,(H,21,23)(H,22,29)(H,24,25,28). The highest BCUT2D eigenvalue weighted by atomic mass is 35.5. The number of halogens is 1. The molecular weight excluding hydrogens is 410 g/mol. The van der Waals surface area contributed by atoms with Crippen LogP contribution in [0.25, 0.3) is 0 Å². The highest BCUT2D eigenvalue weighted by Crippen LogP contribution is 2.18. The van der Waals surface area contributed by atoms with Gasteiger partial charge in [-0.25, -0.2) is 9.78 Å². The van der Waals surface area contributed by atoms with Gasteiger partial charge in [-0.2, -0.15) is 0 Å². The third-order valence-electron chi connectivity index (χ3n) is 3.54. The number of hydrogen-bond acceptors (Lipinski definition) is 8. The van der Waals surface area contributed by atoms with Gasteiger partial charge in [0.05, 0.1) is 5.56 Å². The lowest BCUT2D eigenvalue weighted by Crippen LogP contribution is -2.35. The van der Waals surface area contributed by atoms with Crippen LogP contribution < -0.4 is 20.9 Å². The first-order valence-electron chi connectivity index (χ1n) is 9.25. The van der Waals surface area contributed by atoms with Gasteiger partial charge in [0.2, 0.25) is 0 Å². The molecule has 2 amide bonds. The molecule has 0 aliphatic rings. The van der Waals surface area contributed by atoms with E-state index >= 15 is 0 Å². The number of alkyl carbamates (subject to hydrolysis) is 1. The number of anilines is 3. The summed E-state index contributed by atoms with van der Waals surface area (Å²) in [5, 5.41) is 16.5. The zero-order chi connectivity index (χ0) is 22.3. The Kier molecular flexibility index (Phi) is 7.76. The molecule has 0 spiro atoms. The van der Waals surface area contributed by atoms with Gasteiger partial charge in [-0.15, -0.1) is 10.2 Å². The zero-order valence-electron chi connectivity index (χ0n) is 17.6. The number of amides is 2. The summed E-state index contributed by atoms with van der Waals surface area (Å²) in [5.41, 5.74) is -0.305. The quantitative estimate of drug-likeness (QED) is 0.448. The Hall–Kier alpha value is -3.14. The van der Waals surface area contributed by atoms with Gasteiger partial charge in [-0.1, -0.05) is 11.6 Å². The Morgan fingerprint density at radius 3 is 2.43 bits per heavy atom. The van der Waals surface area contributed by atoms with Crippen LogP contribution in [0.2, 0.25) is 5.15 Å². The summed E-state index contributed by atoms with van der Waals surface area (Å²) in [4.78, 5) is 30.3. The van der Waals surface area contributed by atoms with Gasteiger partial charge in [0.15, 0.2) is 11.6 Å². The van der Waals surface area contributed by atoms with Crippen LogP contribution >= 0.6 is 11.6 Å². The van der Waals surface area contributed by atoms with E-state index in [1.807, 2.05) is 14.1 Å². The average molecular weight is 436 g/mol. The minimum Gasteiger partial charge on any atom is -0.444 e. The molecule has 10 nitrogen and oxygen atoms in total. The molecule has 162 valence electrons. The SMILES string of the molecule is CN(C)c1ccc(NC(=O)c2ccc(Cl)nc2NCCNC(=O)OC(C)(C)C)nn1. The molecule has 0 unspecified atom stereocenters. The average Bonchev–Trinajstić information content (AvgIpc) is 2.64. The fourth-order valence-electron chi connectivity index (χ4n) is 2.23. The molecule has 3 N–H and O–H groups in total. The fraction of sp³-hybridized carbons (Fsp3) is 0.421. The summed E-state index contributed by atoms with van der Waals surface area (Å²) in [7, 11) is 3.69. The van der Waals surface area contributed by atoms with E-state index < -0.39 is 17.6 Å². The van der Waals surface area contributed by atoms with Crippen molar-refractivity contribution in [1.82, 2.24) is 20.5 Å². The van der Waals surface area contributed by atoms with E-state index in [9.17, 15) is 9.59 Å². The van der Waals surface area contributed by atoms with Crippen molar-refractivity contribution in [3.05, 3.63) is 35.0 Å². The predicted molar refractivity (Wildman–Crippen MR) is 116 cm³/mol. The van der Waals surface area contributed by atoms with Crippen molar-refractivity contribution in [3.63, 3.8) is 0 Å². The minimum atomic E-state index is -0.578. The number of carbonyl (C=O) groups excluding carboxylic acids is 2. The Morgan fingerprint density at radius 1 is 1.10 bits per heavy atom. The van der Waals surface area contributed by atoms with Gasteiger partial charge in [-0.3, -0.25) is 4.79 Å². The van der Waals surface area contributed by atoms with Crippen LogP contribution in [0.1, 0.15) is 31.1 Å². The molecule has 0 aliphatic carbocycles.